The van der Waals surface area contributed by atoms with Crippen molar-refractivity contribution in [2.75, 3.05) is 26.7 Å². The van der Waals surface area contributed by atoms with E-state index in [9.17, 15) is 0 Å². The Labute approximate surface area is 94.0 Å². The van der Waals surface area contributed by atoms with Gasteiger partial charge in [-0.1, -0.05) is 0 Å². The predicted molar refractivity (Wildman–Crippen MR) is 64.0 cm³/mol. The monoisotopic (exact) mass is 214 g/mol. The first-order chi connectivity index (χ1) is 7.01. The molecule has 3 heteroatoms. The third kappa shape index (κ3) is 5.50. The second-order valence-corrected chi connectivity index (χ2v) is 5.39. The standard InChI is InChI=1S/C12H26N2O/c1-12(2,13)7-5-9-14-8-4-6-11(10-14)15-3/h11H,4-10,13H2,1-3H3. The molecule has 0 aromatic rings. The van der Waals surface area contributed by atoms with Gasteiger partial charge in [0.1, 0.15) is 0 Å². The molecule has 0 bridgehead atoms. The van der Waals surface area contributed by atoms with Crippen LogP contribution in [-0.2, 0) is 4.74 Å². The summed E-state index contributed by atoms with van der Waals surface area (Å²) >= 11 is 0. The van der Waals surface area contributed by atoms with Gasteiger partial charge >= 0.3 is 0 Å². The second kappa shape index (κ2) is 5.83. The van der Waals surface area contributed by atoms with E-state index >= 15 is 0 Å². The van der Waals surface area contributed by atoms with Crippen molar-refractivity contribution >= 4 is 0 Å². The van der Waals surface area contributed by atoms with Crippen molar-refractivity contribution in [2.45, 2.75) is 51.2 Å². The zero-order valence-corrected chi connectivity index (χ0v) is 10.5. The quantitative estimate of drug-likeness (QED) is 0.755. The average Bonchev–Trinajstić information content (AvgIpc) is 2.16. The van der Waals surface area contributed by atoms with Crippen molar-refractivity contribution < 1.29 is 4.74 Å². The number of nitrogens with zero attached hydrogens (tertiary/aromatic N) is 1. The normalized spacial score (nSPS) is 24.4. The molecular formula is C12H26N2O. The summed E-state index contributed by atoms with van der Waals surface area (Å²) in [5.41, 5.74) is 5.94. The molecule has 0 aliphatic carbocycles. The van der Waals surface area contributed by atoms with E-state index in [1.165, 1.54) is 32.4 Å². The van der Waals surface area contributed by atoms with Gasteiger partial charge in [-0.05, 0) is 52.6 Å². The van der Waals surface area contributed by atoms with E-state index in [0.717, 1.165) is 13.0 Å². The highest BCUT2D eigenvalue weighted by Gasteiger charge is 2.19. The summed E-state index contributed by atoms with van der Waals surface area (Å²) in [6.07, 6.45) is 5.23. The van der Waals surface area contributed by atoms with Crippen LogP contribution in [-0.4, -0.2) is 43.3 Å². The number of hydrogen-bond acceptors (Lipinski definition) is 3. The topological polar surface area (TPSA) is 38.5 Å². The fourth-order valence-corrected chi connectivity index (χ4v) is 2.17. The van der Waals surface area contributed by atoms with Gasteiger partial charge < -0.3 is 15.4 Å². The molecule has 1 aliphatic heterocycles. The fourth-order valence-electron chi connectivity index (χ4n) is 2.17. The van der Waals surface area contributed by atoms with Crippen LogP contribution in [0.2, 0.25) is 0 Å². The SMILES string of the molecule is COC1CCCN(CCCC(C)(C)N)C1. The van der Waals surface area contributed by atoms with E-state index in [-0.39, 0.29) is 5.54 Å². The minimum atomic E-state index is -0.0174. The maximum Gasteiger partial charge on any atom is 0.0698 e. The Morgan fingerprint density at radius 1 is 1.47 bits per heavy atom. The molecule has 1 rings (SSSR count). The maximum absolute atomic E-state index is 5.96. The van der Waals surface area contributed by atoms with Gasteiger partial charge in [-0.25, -0.2) is 0 Å². The van der Waals surface area contributed by atoms with Crippen molar-refractivity contribution in [1.29, 1.82) is 0 Å². The Kier molecular flexibility index (Phi) is 5.03. The second-order valence-electron chi connectivity index (χ2n) is 5.39. The smallest absolute Gasteiger partial charge is 0.0698 e. The third-order valence-electron chi connectivity index (χ3n) is 3.09. The molecule has 1 heterocycles. The van der Waals surface area contributed by atoms with Crippen LogP contribution in [0, 0.1) is 0 Å². The number of piperidine rings is 1. The molecule has 2 N–H and O–H groups in total. The number of methoxy groups -OCH3 is 1. The number of nitrogens with two attached hydrogens (primary N) is 1. The summed E-state index contributed by atoms with van der Waals surface area (Å²) in [7, 11) is 1.82. The Hall–Kier alpha value is -0.120. The van der Waals surface area contributed by atoms with E-state index in [2.05, 4.69) is 18.7 Å². The summed E-state index contributed by atoms with van der Waals surface area (Å²) in [6, 6.07) is 0. The maximum atomic E-state index is 5.96. The highest BCUT2D eigenvalue weighted by atomic mass is 16.5. The number of ether oxygens (including phenoxy) is 1. The third-order valence-corrected chi connectivity index (χ3v) is 3.09. The first kappa shape index (κ1) is 12.9. The van der Waals surface area contributed by atoms with E-state index < -0.39 is 0 Å². The highest BCUT2D eigenvalue weighted by Crippen LogP contribution is 2.14. The van der Waals surface area contributed by atoms with Crippen molar-refractivity contribution in [3.8, 4) is 0 Å². The molecule has 1 fully saturated rings. The summed E-state index contributed by atoms with van der Waals surface area (Å²) < 4.78 is 5.40. The lowest BCUT2D eigenvalue weighted by Gasteiger charge is -2.32. The Balaban J connectivity index is 2.15. The van der Waals surface area contributed by atoms with Gasteiger partial charge in [0.2, 0.25) is 0 Å². The van der Waals surface area contributed by atoms with Gasteiger partial charge in [-0.3, -0.25) is 0 Å². The Morgan fingerprint density at radius 2 is 2.20 bits per heavy atom. The number of rotatable bonds is 5. The first-order valence-corrected chi connectivity index (χ1v) is 6.05. The summed E-state index contributed by atoms with van der Waals surface area (Å²) in [4.78, 5) is 2.50. The van der Waals surface area contributed by atoms with E-state index in [1.54, 1.807) is 0 Å². The lowest BCUT2D eigenvalue weighted by atomic mass is 9.99. The minimum absolute atomic E-state index is 0.0174. The Morgan fingerprint density at radius 3 is 2.80 bits per heavy atom. The molecule has 3 nitrogen and oxygen atoms in total. The van der Waals surface area contributed by atoms with Crippen LogP contribution in [0.1, 0.15) is 39.5 Å². The first-order valence-electron chi connectivity index (χ1n) is 6.05. The van der Waals surface area contributed by atoms with Crippen molar-refractivity contribution in [3.05, 3.63) is 0 Å². The van der Waals surface area contributed by atoms with Crippen LogP contribution in [0.15, 0.2) is 0 Å². The van der Waals surface area contributed by atoms with Gasteiger partial charge in [-0.2, -0.15) is 0 Å². The molecule has 0 amide bonds. The minimum Gasteiger partial charge on any atom is -0.380 e. The van der Waals surface area contributed by atoms with E-state index in [4.69, 9.17) is 10.5 Å². The van der Waals surface area contributed by atoms with Gasteiger partial charge in [0.25, 0.3) is 0 Å². The molecule has 0 spiro atoms. The molecule has 0 aromatic heterocycles. The molecule has 1 atom stereocenters. The molecule has 0 radical (unpaired) electrons. The number of hydrogen-bond donors (Lipinski definition) is 1. The predicted octanol–water partition coefficient (Wildman–Crippen LogP) is 1.61. The van der Waals surface area contributed by atoms with Gasteiger partial charge in [0, 0.05) is 19.2 Å². The summed E-state index contributed by atoms with van der Waals surface area (Å²) in [5, 5.41) is 0. The molecule has 0 aromatic carbocycles. The van der Waals surface area contributed by atoms with Crippen LogP contribution in [0.5, 0.6) is 0 Å². The molecule has 1 aliphatic rings. The fraction of sp³-hybridized carbons (Fsp3) is 1.00. The lowest BCUT2D eigenvalue weighted by Crippen LogP contribution is -2.40. The zero-order valence-electron chi connectivity index (χ0n) is 10.5. The van der Waals surface area contributed by atoms with Gasteiger partial charge in [0.05, 0.1) is 6.10 Å². The Bertz CT molecular complexity index is 177. The molecular weight excluding hydrogens is 188 g/mol. The summed E-state index contributed by atoms with van der Waals surface area (Å²) in [6.45, 7) is 7.69. The van der Waals surface area contributed by atoms with Gasteiger partial charge in [-0.15, -0.1) is 0 Å². The van der Waals surface area contributed by atoms with Crippen molar-refractivity contribution in [3.63, 3.8) is 0 Å². The van der Waals surface area contributed by atoms with E-state index in [0.29, 0.717) is 6.10 Å². The average molecular weight is 214 g/mol. The molecule has 1 saturated heterocycles. The molecule has 15 heavy (non-hydrogen) atoms. The zero-order chi connectivity index (χ0) is 11.3. The van der Waals surface area contributed by atoms with Crippen molar-refractivity contribution in [1.82, 2.24) is 4.90 Å². The number of likely N-dealkylation sites (tertiary alicyclic amines) is 1. The van der Waals surface area contributed by atoms with Crippen LogP contribution in [0.25, 0.3) is 0 Å². The van der Waals surface area contributed by atoms with Crippen LogP contribution < -0.4 is 5.73 Å². The van der Waals surface area contributed by atoms with E-state index in [1.807, 2.05) is 7.11 Å². The highest BCUT2D eigenvalue weighted by molar-refractivity contribution is 4.76. The summed E-state index contributed by atoms with van der Waals surface area (Å²) in [5.74, 6) is 0. The van der Waals surface area contributed by atoms with Crippen LogP contribution in [0.4, 0.5) is 0 Å². The van der Waals surface area contributed by atoms with Crippen LogP contribution in [0.3, 0.4) is 0 Å². The van der Waals surface area contributed by atoms with Crippen LogP contribution >= 0.6 is 0 Å². The molecule has 1 unspecified atom stereocenters. The van der Waals surface area contributed by atoms with Crippen molar-refractivity contribution in [2.24, 2.45) is 5.73 Å². The lowest BCUT2D eigenvalue weighted by molar-refractivity contribution is 0.0305. The molecule has 0 saturated carbocycles. The molecule has 90 valence electrons. The van der Waals surface area contributed by atoms with Gasteiger partial charge in [0.15, 0.2) is 0 Å². The largest absolute Gasteiger partial charge is 0.380 e.